The van der Waals surface area contributed by atoms with E-state index in [9.17, 15) is 14.0 Å². The number of benzene rings is 3. The highest BCUT2D eigenvalue weighted by Crippen LogP contribution is 2.55. The van der Waals surface area contributed by atoms with Gasteiger partial charge in [-0.05, 0) is 36.8 Å². The molecule has 3 aromatic rings. The molecule has 1 atom stereocenters. The molecule has 2 heterocycles. The first-order chi connectivity index (χ1) is 14.5. The van der Waals surface area contributed by atoms with Crippen LogP contribution in [-0.4, -0.2) is 17.6 Å². The maximum absolute atomic E-state index is 14.0. The van der Waals surface area contributed by atoms with E-state index in [0.29, 0.717) is 12.2 Å². The third-order valence-electron chi connectivity index (χ3n) is 5.59. The molecule has 3 aromatic carbocycles. The van der Waals surface area contributed by atoms with E-state index < -0.39 is 10.7 Å². The molecule has 1 spiro atoms. The number of anilines is 2. The minimum atomic E-state index is -1.22. The third-order valence-corrected chi connectivity index (χ3v) is 6.98. The minimum absolute atomic E-state index is 0.162. The number of halogens is 1. The highest BCUT2D eigenvalue weighted by atomic mass is 32.2. The molecule has 0 saturated carbocycles. The van der Waals surface area contributed by atoms with Crippen LogP contribution in [0.5, 0.6) is 0 Å². The number of nitrogens with zero attached hydrogens (tertiary/aromatic N) is 2. The Labute approximate surface area is 178 Å². The van der Waals surface area contributed by atoms with Crippen molar-refractivity contribution in [3.63, 3.8) is 0 Å². The largest absolute Gasteiger partial charge is 0.304 e. The van der Waals surface area contributed by atoms with Crippen LogP contribution in [0, 0.1) is 12.7 Å². The summed E-state index contributed by atoms with van der Waals surface area (Å²) in [7, 11) is 0. The maximum atomic E-state index is 14.0. The fourth-order valence-corrected chi connectivity index (χ4v) is 5.56. The van der Waals surface area contributed by atoms with Gasteiger partial charge in [-0.15, -0.1) is 11.8 Å². The standard InChI is InChI=1S/C24H19FN2O2S/c1-16-9-11-17(12-10-16)14-26-21-8-3-2-7-20(21)24(23(26)29)27(22(28)15-30-24)19-6-4-5-18(25)13-19/h2-13H,14-15H2,1H3. The molecule has 30 heavy (non-hydrogen) atoms. The number of carbonyl (C=O) groups is 2. The molecule has 0 N–H and O–H groups in total. The zero-order valence-corrected chi connectivity index (χ0v) is 17.2. The molecular weight excluding hydrogens is 399 g/mol. The highest BCUT2D eigenvalue weighted by Gasteiger charge is 2.60. The molecule has 4 nitrogen and oxygen atoms in total. The molecule has 1 unspecified atom stereocenters. The monoisotopic (exact) mass is 418 g/mol. The molecule has 1 fully saturated rings. The first kappa shape index (κ1) is 18.9. The van der Waals surface area contributed by atoms with Gasteiger partial charge in [0, 0.05) is 11.3 Å². The first-order valence-corrected chi connectivity index (χ1v) is 10.7. The van der Waals surface area contributed by atoms with Crippen molar-refractivity contribution in [1.82, 2.24) is 0 Å². The Morgan fingerprint density at radius 1 is 1.00 bits per heavy atom. The van der Waals surface area contributed by atoms with Crippen LogP contribution in [0.15, 0.2) is 72.8 Å². The Morgan fingerprint density at radius 2 is 1.77 bits per heavy atom. The number of hydrogen-bond acceptors (Lipinski definition) is 3. The van der Waals surface area contributed by atoms with Crippen LogP contribution in [0.2, 0.25) is 0 Å². The van der Waals surface area contributed by atoms with E-state index in [1.165, 1.54) is 28.8 Å². The van der Waals surface area contributed by atoms with Gasteiger partial charge in [0.2, 0.25) is 10.8 Å². The summed E-state index contributed by atoms with van der Waals surface area (Å²) in [6.07, 6.45) is 0. The van der Waals surface area contributed by atoms with Crippen LogP contribution in [-0.2, 0) is 21.0 Å². The van der Waals surface area contributed by atoms with Crippen molar-refractivity contribution in [1.29, 1.82) is 0 Å². The first-order valence-electron chi connectivity index (χ1n) is 9.70. The second-order valence-corrected chi connectivity index (χ2v) is 8.70. The summed E-state index contributed by atoms with van der Waals surface area (Å²) < 4.78 is 14.0. The second kappa shape index (κ2) is 6.99. The number of amides is 2. The number of hydrogen-bond donors (Lipinski definition) is 0. The Morgan fingerprint density at radius 3 is 2.53 bits per heavy atom. The van der Waals surface area contributed by atoms with Crippen LogP contribution in [0.25, 0.3) is 0 Å². The van der Waals surface area contributed by atoms with Crippen molar-refractivity contribution < 1.29 is 14.0 Å². The smallest absolute Gasteiger partial charge is 0.269 e. The van der Waals surface area contributed by atoms with Gasteiger partial charge in [0.05, 0.1) is 18.0 Å². The van der Waals surface area contributed by atoms with Crippen molar-refractivity contribution in [3.8, 4) is 0 Å². The summed E-state index contributed by atoms with van der Waals surface area (Å²) in [6.45, 7) is 2.43. The van der Waals surface area contributed by atoms with Gasteiger partial charge in [-0.1, -0.05) is 54.1 Å². The number of para-hydroxylation sites is 1. The quantitative estimate of drug-likeness (QED) is 0.624. The van der Waals surface area contributed by atoms with E-state index in [0.717, 1.165) is 22.4 Å². The van der Waals surface area contributed by atoms with Gasteiger partial charge >= 0.3 is 0 Å². The van der Waals surface area contributed by atoms with Gasteiger partial charge in [-0.25, -0.2) is 4.39 Å². The van der Waals surface area contributed by atoms with Gasteiger partial charge < -0.3 is 4.90 Å². The van der Waals surface area contributed by atoms with Gasteiger partial charge in [0.15, 0.2) is 0 Å². The summed E-state index contributed by atoms with van der Waals surface area (Å²) >= 11 is 1.30. The molecule has 2 amide bonds. The predicted octanol–water partition coefficient (Wildman–Crippen LogP) is 4.61. The van der Waals surface area contributed by atoms with Crippen molar-refractivity contribution in [2.24, 2.45) is 0 Å². The number of carbonyl (C=O) groups excluding carboxylic acids is 2. The molecule has 0 radical (unpaired) electrons. The molecule has 0 aliphatic carbocycles. The molecule has 2 aliphatic rings. The third kappa shape index (κ3) is 2.75. The normalized spacial score (nSPS) is 20.3. The summed E-state index contributed by atoms with van der Waals surface area (Å²) in [6, 6.07) is 21.5. The van der Waals surface area contributed by atoms with Crippen molar-refractivity contribution in [2.45, 2.75) is 18.3 Å². The summed E-state index contributed by atoms with van der Waals surface area (Å²) in [5, 5.41) is 0. The van der Waals surface area contributed by atoms with Crippen molar-refractivity contribution in [2.75, 3.05) is 15.6 Å². The summed E-state index contributed by atoms with van der Waals surface area (Å²) in [4.78, 5) is 28.8. The lowest BCUT2D eigenvalue weighted by atomic mass is 10.0. The zero-order chi connectivity index (χ0) is 20.9. The highest BCUT2D eigenvalue weighted by molar-refractivity contribution is 8.02. The van der Waals surface area contributed by atoms with Crippen molar-refractivity contribution in [3.05, 3.63) is 95.3 Å². The maximum Gasteiger partial charge on any atom is 0.269 e. The SMILES string of the molecule is Cc1ccc(CN2C(=O)C3(SCC(=O)N3c3cccc(F)c3)c3ccccc32)cc1. The molecule has 0 bridgehead atoms. The van der Waals surface area contributed by atoms with Gasteiger partial charge in [-0.2, -0.15) is 0 Å². The lowest BCUT2D eigenvalue weighted by molar-refractivity contribution is -0.123. The van der Waals surface area contributed by atoms with E-state index in [2.05, 4.69) is 0 Å². The topological polar surface area (TPSA) is 40.6 Å². The van der Waals surface area contributed by atoms with E-state index in [-0.39, 0.29) is 17.6 Å². The molecule has 6 heteroatoms. The molecule has 0 aromatic heterocycles. The Hall–Kier alpha value is -3.12. The van der Waals surface area contributed by atoms with Crippen LogP contribution >= 0.6 is 11.8 Å². The molecule has 5 rings (SSSR count). The van der Waals surface area contributed by atoms with Gasteiger partial charge in [0.25, 0.3) is 5.91 Å². The van der Waals surface area contributed by atoms with Crippen LogP contribution < -0.4 is 9.80 Å². The van der Waals surface area contributed by atoms with Crippen molar-refractivity contribution >= 4 is 35.0 Å². The van der Waals surface area contributed by atoms with Crippen LogP contribution in [0.3, 0.4) is 0 Å². The molecule has 2 aliphatic heterocycles. The Kier molecular flexibility index (Phi) is 4.40. The fraction of sp³-hybridized carbons (Fsp3) is 0.167. The van der Waals surface area contributed by atoms with Crippen LogP contribution in [0.1, 0.15) is 16.7 Å². The van der Waals surface area contributed by atoms with E-state index in [1.54, 1.807) is 17.0 Å². The zero-order valence-electron chi connectivity index (χ0n) is 16.3. The van der Waals surface area contributed by atoms with E-state index >= 15 is 0 Å². The predicted molar refractivity (Wildman–Crippen MR) is 117 cm³/mol. The van der Waals surface area contributed by atoms with E-state index in [1.807, 2.05) is 55.5 Å². The van der Waals surface area contributed by atoms with Crippen LogP contribution in [0.4, 0.5) is 15.8 Å². The second-order valence-electron chi connectivity index (χ2n) is 7.54. The molecular formula is C24H19FN2O2S. The lowest BCUT2D eigenvalue weighted by Crippen LogP contribution is -2.49. The molecule has 1 saturated heterocycles. The minimum Gasteiger partial charge on any atom is -0.304 e. The summed E-state index contributed by atoms with van der Waals surface area (Å²) in [5.74, 6) is -0.660. The lowest BCUT2D eigenvalue weighted by Gasteiger charge is -2.33. The van der Waals surface area contributed by atoms with Gasteiger partial charge in [-0.3, -0.25) is 14.5 Å². The fourth-order valence-electron chi connectivity index (χ4n) is 4.20. The number of thioether (sulfide) groups is 1. The average Bonchev–Trinajstić information content (AvgIpc) is 3.21. The molecule has 150 valence electrons. The average molecular weight is 418 g/mol. The van der Waals surface area contributed by atoms with E-state index in [4.69, 9.17) is 0 Å². The Bertz CT molecular complexity index is 1160. The Balaban J connectivity index is 1.64. The number of fused-ring (bicyclic) bond motifs is 2. The number of aryl methyl sites for hydroxylation is 1. The number of rotatable bonds is 3. The van der Waals surface area contributed by atoms with Gasteiger partial charge in [0.1, 0.15) is 5.82 Å². The summed E-state index contributed by atoms with van der Waals surface area (Å²) in [5.41, 5.74) is 4.10.